The summed E-state index contributed by atoms with van der Waals surface area (Å²) < 4.78 is 5.47. The van der Waals surface area contributed by atoms with Crippen LogP contribution in [0.2, 0.25) is 0 Å². The van der Waals surface area contributed by atoms with Crippen molar-refractivity contribution in [1.29, 1.82) is 0 Å². The molecule has 2 rings (SSSR count). The van der Waals surface area contributed by atoms with E-state index in [0.29, 0.717) is 0 Å². The second-order valence-electron chi connectivity index (χ2n) is 5.18. The third kappa shape index (κ3) is 2.73. The van der Waals surface area contributed by atoms with Gasteiger partial charge in [0, 0.05) is 0 Å². The van der Waals surface area contributed by atoms with Crippen molar-refractivity contribution in [1.82, 2.24) is 5.32 Å². The molecule has 4 heteroatoms. The van der Waals surface area contributed by atoms with Crippen LogP contribution >= 0.6 is 0 Å². The van der Waals surface area contributed by atoms with Crippen LogP contribution in [0.1, 0.15) is 29.5 Å². The van der Waals surface area contributed by atoms with Gasteiger partial charge in [-0.05, 0) is 56.8 Å². The van der Waals surface area contributed by atoms with Gasteiger partial charge in [0.15, 0.2) is 0 Å². The quantitative estimate of drug-likeness (QED) is 0.879. The van der Waals surface area contributed by atoms with E-state index in [0.717, 1.165) is 42.0 Å². The Morgan fingerprint density at radius 2 is 2.11 bits per heavy atom. The van der Waals surface area contributed by atoms with Gasteiger partial charge >= 0.3 is 0 Å². The zero-order valence-electron chi connectivity index (χ0n) is 12.1. The molecule has 104 valence electrons. The molecule has 1 aliphatic heterocycles. The molecular formula is C15H22N2O2. The number of aryl methyl sites for hydroxylation is 2. The Labute approximate surface area is 114 Å². The van der Waals surface area contributed by atoms with Crippen LogP contribution in [-0.2, 0) is 4.79 Å². The number of hydrogen-bond acceptors (Lipinski definition) is 3. The van der Waals surface area contributed by atoms with Crippen LogP contribution < -0.4 is 15.4 Å². The summed E-state index contributed by atoms with van der Waals surface area (Å²) in [5, 5.41) is 6.22. The highest BCUT2D eigenvalue weighted by Crippen LogP contribution is 2.34. The standard InChI is InChI=1S/C15H22N2O2/c1-9-8-10(2)13(14(19-4)11(9)3)17-15(18)12-6-5-7-16-12/h8,12,16H,5-7H2,1-4H3,(H,17,18). The van der Waals surface area contributed by atoms with Crippen LogP contribution in [0.4, 0.5) is 5.69 Å². The lowest BCUT2D eigenvalue weighted by molar-refractivity contribution is -0.117. The lowest BCUT2D eigenvalue weighted by atomic mass is 10.0. The first kappa shape index (κ1) is 13.9. The number of hydrogen-bond donors (Lipinski definition) is 2. The van der Waals surface area contributed by atoms with Crippen molar-refractivity contribution in [2.45, 2.75) is 39.7 Å². The second kappa shape index (κ2) is 5.61. The minimum absolute atomic E-state index is 0.0298. The fourth-order valence-corrected chi connectivity index (χ4v) is 2.58. The molecule has 0 saturated carbocycles. The fourth-order valence-electron chi connectivity index (χ4n) is 2.58. The van der Waals surface area contributed by atoms with E-state index in [-0.39, 0.29) is 11.9 Å². The third-order valence-corrected chi connectivity index (χ3v) is 3.82. The Morgan fingerprint density at radius 1 is 1.37 bits per heavy atom. The van der Waals surface area contributed by atoms with E-state index < -0.39 is 0 Å². The third-order valence-electron chi connectivity index (χ3n) is 3.82. The van der Waals surface area contributed by atoms with Gasteiger partial charge in [-0.15, -0.1) is 0 Å². The van der Waals surface area contributed by atoms with Crippen molar-refractivity contribution in [2.24, 2.45) is 0 Å². The van der Waals surface area contributed by atoms with Crippen molar-refractivity contribution >= 4 is 11.6 Å². The molecule has 2 N–H and O–H groups in total. The molecule has 0 radical (unpaired) electrons. The smallest absolute Gasteiger partial charge is 0.241 e. The molecular weight excluding hydrogens is 240 g/mol. The average Bonchev–Trinajstić information content (AvgIpc) is 2.90. The Morgan fingerprint density at radius 3 is 2.68 bits per heavy atom. The summed E-state index contributed by atoms with van der Waals surface area (Å²) in [6.07, 6.45) is 1.96. The number of carbonyl (C=O) groups excluding carboxylic acids is 1. The Bertz CT molecular complexity index is 491. The predicted molar refractivity (Wildman–Crippen MR) is 76.9 cm³/mol. The van der Waals surface area contributed by atoms with Gasteiger partial charge in [0.25, 0.3) is 0 Å². The molecule has 0 aromatic heterocycles. The highest BCUT2D eigenvalue weighted by atomic mass is 16.5. The number of anilines is 1. The SMILES string of the molecule is COc1c(C)c(C)cc(C)c1NC(=O)C1CCCN1. The molecule has 1 aromatic carbocycles. The van der Waals surface area contributed by atoms with Gasteiger partial charge in [0.05, 0.1) is 18.8 Å². The summed E-state index contributed by atoms with van der Waals surface area (Å²) >= 11 is 0. The van der Waals surface area contributed by atoms with E-state index >= 15 is 0 Å². The van der Waals surface area contributed by atoms with Gasteiger partial charge in [-0.3, -0.25) is 4.79 Å². The molecule has 0 aliphatic carbocycles. The molecule has 0 spiro atoms. The van der Waals surface area contributed by atoms with Crippen molar-refractivity contribution in [3.05, 3.63) is 22.8 Å². The maximum absolute atomic E-state index is 12.2. The van der Waals surface area contributed by atoms with Crippen LogP contribution in [0.15, 0.2) is 6.07 Å². The fraction of sp³-hybridized carbons (Fsp3) is 0.533. The predicted octanol–water partition coefficient (Wildman–Crippen LogP) is 2.31. The Kier molecular flexibility index (Phi) is 4.10. The van der Waals surface area contributed by atoms with E-state index in [1.54, 1.807) is 7.11 Å². The summed E-state index contributed by atoms with van der Waals surface area (Å²) in [7, 11) is 1.64. The van der Waals surface area contributed by atoms with Crippen LogP contribution in [0, 0.1) is 20.8 Å². The van der Waals surface area contributed by atoms with Crippen molar-refractivity contribution < 1.29 is 9.53 Å². The molecule has 1 unspecified atom stereocenters. The first-order valence-electron chi connectivity index (χ1n) is 6.73. The first-order valence-corrected chi connectivity index (χ1v) is 6.73. The molecule has 1 saturated heterocycles. The zero-order valence-corrected chi connectivity index (χ0v) is 12.1. The van der Waals surface area contributed by atoms with Crippen LogP contribution in [0.25, 0.3) is 0 Å². The second-order valence-corrected chi connectivity index (χ2v) is 5.18. The van der Waals surface area contributed by atoms with E-state index in [9.17, 15) is 4.79 Å². The summed E-state index contributed by atoms with van der Waals surface area (Å²) in [6.45, 7) is 6.97. The minimum Gasteiger partial charge on any atom is -0.494 e. The Balaban J connectivity index is 2.28. The van der Waals surface area contributed by atoms with Crippen molar-refractivity contribution in [2.75, 3.05) is 19.0 Å². The van der Waals surface area contributed by atoms with E-state index in [1.807, 2.05) is 13.8 Å². The highest BCUT2D eigenvalue weighted by molar-refractivity contribution is 5.97. The topological polar surface area (TPSA) is 50.4 Å². The monoisotopic (exact) mass is 262 g/mol. The number of nitrogens with one attached hydrogen (secondary N) is 2. The number of ether oxygens (including phenoxy) is 1. The Hall–Kier alpha value is -1.55. The average molecular weight is 262 g/mol. The van der Waals surface area contributed by atoms with Gasteiger partial charge in [0.1, 0.15) is 5.75 Å². The molecule has 1 heterocycles. The van der Waals surface area contributed by atoms with E-state index in [1.165, 1.54) is 5.56 Å². The van der Waals surface area contributed by atoms with Gasteiger partial charge in [-0.2, -0.15) is 0 Å². The van der Waals surface area contributed by atoms with Gasteiger partial charge in [0.2, 0.25) is 5.91 Å². The molecule has 1 amide bonds. The summed E-state index contributed by atoms with van der Waals surface area (Å²) in [6, 6.07) is 2.00. The van der Waals surface area contributed by atoms with E-state index in [2.05, 4.69) is 23.6 Å². The van der Waals surface area contributed by atoms with Crippen molar-refractivity contribution in [3.8, 4) is 5.75 Å². The molecule has 1 fully saturated rings. The number of methoxy groups -OCH3 is 1. The van der Waals surface area contributed by atoms with E-state index in [4.69, 9.17) is 4.74 Å². The van der Waals surface area contributed by atoms with Gasteiger partial charge < -0.3 is 15.4 Å². The molecule has 0 bridgehead atoms. The number of benzene rings is 1. The van der Waals surface area contributed by atoms with Crippen LogP contribution in [-0.4, -0.2) is 25.6 Å². The summed E-state index contributed by atoms with van der Waals surface area (Å²) in [5.41, 5.74) is 4.07. The normalized spacial score (nSPS) is 18.4. The van der Waals surface area contributed by atoms with Crippen LogP contribution in [0.5, 0.6) is 5.75 Å². The summed E-state index contributed by atoms with van der Waals surface area (Å²) in [4.78, 5) is 12.2. The molecule has 4 nitrogen and oxygen atoms in total. The molecule has 1 aromatic rings. The van der Waals surface area contributed by atoms with Gasteiger partial charge in [-0.25, -0.2) is 0 Å². The number of rotatable bonds is 3. The molecule has 1 atom stereocenters. The molecule has 1 aliphatic rings. The maximum Gasteiger partial charge on any atom is 0.241 e. The van der Waals surface area contributed by atoms with Gasteiger partial charge in [-0.1, -0.05) is 6.07 Å². The van der Waals surface area contributed by atoms with Crippen LogP contribution in [0.3, 0.4) is 0 Å². The van der Waals surface area contributed by atoms with Crippen molar-refractivity contribution in [3.63, 3.8) is 0 Å². The number of carbonyl (C=O) groups is 1. The molecule has 19 heavy (non-hydrogen) atoms. The minimum atomic E-state index is -0.0780. The zero-order chi connectivity index (χ0) is 14.0. The number of amides is 1. The maximum atomic E-state index is 12.2. The summed E-state index contributed by atoms with van der Waals surface area (Å²) in [5.74, 6) is 0.797. The lowest BCUT2D eigenvalue weighted by Gasteiger charge is -2.19. The lowest BCUT2D eigenvalue weighted by Crippen LogP contribution is -2.35. The largest absolute Gasteiger partial charge is 0.494 e. The first-order chi connectivity index (χ1) is 9.04. The highest BCUT2D eigenvalue weighted by Gasteiger charge is 2.24.